The Morgan fingerprint density at radius 3 is 1.08 bits per heavy atom. The summed E-state index contributed by atoms with van der Waals surface area (Å²) in [6.45, 7) is 16.0. The number of ether oxygens (including phenoxy) is 8. The number of hydrogen-bond acceptors (Lipinski definition) is 10. The standard InChI is InChI=1S/C28H54O10/c1-25(2)24-27(29)6-5-8-31-10-12-33-14-16-35-18-20-37-22-23-38-21-19-36-17-15-34-13-11-32-9-7-28(30)26(3)4/h25-26H,5-24H2,1-4H3. The van der Waals surface area contributed by atoms with Crippen LogP contribution in [0.2, 0.25) is 0 Å². The third-order valence-corrected chi connectivity index (χ3v) is 5.12. The van der Waals surface area contributed by atoms with Gasteiger partial charge in [-0.15, -0.1) is 0 Å². The smallest absolute Gasteiger partial charge is 0.137 e. The van der Waals surface area contributed by atoms with Gasteiger partial charge in [0.05, 0.1) is 99.1 Å². The molecule has 10 heteroatoms. The van der Waals surface area contributed by atoms with Crippen LogP contribution in [0.5, 0.6) is 0 Å². The molecule has 0 saturated carbocycles. The van der Waals surface area contributed by atoms with Crippen LogP contribution in [0.25, 0.3) is 0 Å². The predicted molar refractivity (Wildman–Crippen MR) is 145 cm³/mol. The van der Waals surface area contributed by atoms with Crippen molar-refractivity contribution in [3.8, 4) is 0 Å². The van der Waals surface area contributed by atoms with Crippen LogP contribution >= 0.6 is 0 Å². The number of hydrogen-bond donors (Lipinski definition) is 0. The summed E-state index contributed by atoms with van der Waals surface area (Å²) in [7, 11) is 0. The molecule has 0 radical (unpaired) electrons. The molecule has 0 aliphatic rings. The Morgan fingerprint density at radius 1 is 0.447 bits per heavy atom. The molecule has 38 heavy (non-hydrogen) atoms. The van der Waals surface area contributed by atoms with E-state index in [4.69, 9.17) is 37.9 Å². The molecule has 0 unspecified atom stereocenters. The number of carbonyl (C=O) groups excluding carboxylic acids is 2. The van der Waals surface area contributed by atoms with Crippen molar-refractivity contribution >= 4 is 11.6 Å². The van der Waals surface area contributed by atoms with Gasteiger partial charge in [-0.25, -0.2) is 0 Å². The molecule has 10 nitrogen and oxygen atoms in total. The fraction of sp³-hybridized carbons (Fsp3) is 0.929. The summed E-state index contributed by atoms with van der Waals surface area (Å²) in [5.74, 6) is 1.01. The Kier molecular flexibility index (Phi) is 28.3. The quantitative estimate of drug-likeness (QED) is 0.119. The molecule has 0 spiro atoms. The molecule has 0 saturated heterocycles. The molecule has 0 aromatic rings. The van der Waals surface area contributed by atoms with Gasteiger partial charge in [0.15, 0.2) is 0 Å². The average Bonchev–Trinajstić information content (AvgIpc) is 2.87. The van der Waals surface area contributed by atoms with Crippen molar-refractivity contribution in [2.45, 2.75) is 53.4 Å². The van der Waals surface area contributed by atoms with Gasteiger partial charge in [-0.3, -0.25) is 9.59 Å². The second-order valence-electron chi connectivity index (χ2n) is 9.51. The summed E-state index contributed by atoms with van der Waals surface area (Å²) in [4.78, 5) is 23.0. The van der Waals surface area contributed by atoms with Crippen LogP contribution in [-0.2, 0) is 47.5 Å². The first-order valence-corrected chi connectivity index (χ1v) is 14.1. The normalized spacial score (nSPS) is 11.6. The van der Waals surface area contributed by atoms with Gasteiger partial charge in [0, 0.05) is 31.8 Å². The van der Waals surface area contributed by atoms with Crippen LogP contribution < -0.4 is 0 Å². The SMILES string of the molecule is CC(C)CC(=O)CCCOCCOCCOCCOCCOCCOCCOCCOCCC(=O)C(C)C. The van der Waals surface area contributed by atoms with Crippen molar-refractivity contribution in [1.82, 2.24) is 0 Å². The largest absolute Gasteiger partial charge is 0.379 e. The summed E-state index contributed by atoms with van der Waals surface area (Å²) in [6, 6.07) is 0. The first-order chi connectivity index (χ1) is 18.4. The molecular formula is C28H54O10. The molecule has 0 heterocycles. The number of ketones is 2. The Labute approximate surface area is 230 Å². The van der Waals surface area contributed by atoms with Crippen molar-refractivity contribution in [3.63, 3.8) is 0 Å². The van der Waals surface area contributed by atoms with Gasteiger partial charge in [-0.05, 0) is 12.3 Å². The number of carbonyl (C=O) groups is 2. The summed E-state index contributed by atoms with van der Waals surface area (Å²) >= 11 is 0. The Balaban J connectivity index is 3.11. The lowest BCUT2D eigenvalue weighted by molar-refractivity contribution is -0.123. The highest BCUT2D eigenvalue weighted by Crippen LogP contribution is 2.04. The summed E-state index contributed by atoms with van der Waals surface area (Å²) in [5, 5.41) is 0. The third-order valence-electron chi connectivity index (χ3n) is 5.12. The van der Waals surface area contributed by atoms with E-state index in [0.29, 0.717) is 137 Å². The molecule has 0 bridgehead atoms. The molecule has 0 rings (SSSR count). The molecule has 226 valence electrons. The van der Waals surface area contributed by atoms with E-state index in [1.807, 2.05) is 13.8 Å². The molecule has 0 aliphatic heterocycles. The molecule has 0 aromatic heterocycles. The second-order valence-corrected chi connectivity index (χ2v) is 9.51. The molecule has 0 fully saturated rings. The van der Waals surface area contributed by atoms with E-state index in [1.165, 1.54) is 0 Å². The zero-order valence-corrected chi connectivity index (χ0v) is 24.4. The Hall–Kier alpha value is -0.980. The average molecular weight is 551 g/mol. The highest BCUT2D eigenvalue weighted by atomic mass is 16.6. The monoisotopic (exact) mass is 550 g/mol. The van der Waals surface area contributed by atoms with Crippen molar-refractivity contribution in [2.24, 2.45) is 11.8 Å². The van der Waals surface area contributed by atoms with Crippen LogP contribution in [-0.4, -0.2) is 117 Å². The lowest BCUT2D eigenvalue weighted by atomic mass is 10.0. The minimum absolute atomic E-state index is 0.0626. The molecular weight excluding hydrogens is 496 g/mol. The van der Waals surface area contributed by atoms with E-state index >= 15 is 0 Å². The second kappa shape index (κ2) is 29.0. The van der Waals surface area contributed by atoms with E-state index in [2.05, 4.69) is 13.8 Å². The lowest BCUT2D eigenvalue weighted by Gasteiger charge is -2.09. The van der Waals surface area contributed by atoms with Crippen LogP contribution in [0.4, 0.5) is 0 Å². The van der Waals surface area contributed by atoms with Crippen LogP contribution in [0, 0.1) is 11.8 Å². The predicted octanol–water partition coefficient (Wildman–Crippen LogP) is 3.13. The van der Waals surface area contributed by atoms with E-state index in [9.17, 15) is 9.59 Å². The third kappa shape index (κ3) is 29.6. The minimum atomic E-state index is 0.0626. The summed E-state index contributed by atoms with van der Waals surface area (Å²) in [6.07, 6.45) is 2.47. The molecule has 0 atom stereocenters. The van der Waals surface area contributed by atoms with Crippen molar-refractivity contribution in [2.75, 3.05) is 106 Å². The van der Waals surface area contributed by atoms with Crippen molar-refractivity contribution in [1.29, 1.82) is 0 Å². The van der Waals surface area contributed by atoms with Gasteiger partial charge >= 0.3 is 0 Å². The van der Waals surface area contributed by atoms with Gasteiger partial charge in [0.25, 0.3) is 0 Å². The van der Waals surface area contributed by atoms with E-state index < -0.39 is 0 Å². The molecule has 0 N–H and O–H groups in total. The number of Topliss-reactive ketones (excluding diaryl/α,β-unsaturated/α-hetero) is 2. The maximum Gasteiger partial charge on any atom is 0.137 e. The summed E-state index contributed by atoms with van der Waals surface area (Å²) in [5.41, 5.74) is 0. The number of rotatable bonds is 31. The lowest BCUT2D eigenvalue weighted by Crippen LogP contribution is -2.15. The van der Waals surface area contributed by atoms with Gasteiger partial charge in [-0.1, -0.05) is 27.7 Å². The van der Waals surface area contributed by atoms with E-state index in [0.717, 1.165) is 6.42 Å². The molecule has 0 aliphatic carbocycles. The molecule has 0 amide bonds. The van der Waals surface area contributed by atoms with Crippen molar-refractivity contribution < 1.29 is 47.5 Å². The minimum Gasteiger partial charge on any atom is -0.379 e. The zero-order chi connectivity index (χ0) is 28.1. The van der Waals surface area contributed by atoms with Gasteiger partial charge in [0.2, 0.25) is 0 Å². The first-order valence-electron chi connectivity index (χ1n) is 14.1. The Morgan fingerprint density at radius 2 is 0.763 bits per heavy atom. The highest BCUT2D eigenvalue weighted by molar-refractivity contribution is 5.80. The van der Waals surface area contributed by atoms with E-state index in [-0.39, 0.29) is 11.7 Å². The maximum atomic E-state index is 11.6. The van der Waals surface area contributed by atoms with Crippen LogP contribution in [0.15, 0.2) is 0 Å². The fourth-order valence-corrected chi connectivity index (χ4v) is 3.03. The topological polar surface area (TPSA) is 108 Å². The van der Waals surface area contributed by atoms with Gasteiger partial charge < -0.3 is 37.9 Å². The Bertz CT molecular complexity index is 528. The maximum absolute atomic E-state index is 11.6. The molecule has 0 aromatic carbocycles. The van der Waals surface area contributed by atoms with E-state index in [1.54, 1.807) is 0 Å². The first kappa shape index (κ1) is 37.0. The zero-order valence-electron chi connectivity index (χ0n) is 24.4. The van der Waals surface area contributed by atoms with Crippen LogP contribution in [0.1, 0.15) is 53.4 Å². The summed E-state index contributed by atoms with van der Waals surface area (Å²) < 4.78 is 43.5. The van der Waals surface area contributed by atoms with Gasteiger partial charge in [0.1, 0.15) is 11.6 Å². The van der Waals surface area contributed by atoms with Gasteiger partial charge in [-0.2, -0.15) is 0 Å². The van der Waals surface area contributed by atoms with Crippen LogP contribution in [0.3, 0.4) is 0 Å². The highest BCUT2D eigenvalue weighted by Gasteiger charge is 2.06. The van der Waals surface area contributed by atoms with Crippen molar-refractivity contribution in [3.05, 3.63) is 0 Å². The fourth-order valence-electron chi connectivity index (χ4n) is 3.03.